The lowest BCUT2D eigenvalue weighted by Gasteiger charge is -2.45. The van der Waals surface area contributed by atoms with Crippen LogP contribution in [0.25, 0.3) is 0 Å². The zero-order valence-corrected chi connectivity index (χ0v) is 11.4. The van der Waals surface area contributed by atoms with Crippen LogP contribution in [0.1, 0.15) is 40.5 Å². The van der Waals surface area contributed by atoms with Gasteiger partial charge in [0.2, 0.25) is 5.79 Å². The number of carbonyl (C=O) groups is 2. The second-order valence-electron chi connectivity index (χ2n) is 6.21. The Bertz CT molecular complexity index is 309. The molecule has 0 radical (unpaired) electrons. The summed E-state index contributed by atoms with van der Waals surface area (Å²) in [5.41, 5.74) is -0.156. The SMILES string of the molecule is C[C@@H]1C(C=O)O[C@@](CC(C)(C)C)(OC=O)C[C@@H]1O. The third kappa shape index (κ3) is 3.53. The van der Waals surface area contributed by atoms with Crippen molar-refractivity contribution in [1.29, 1.82) is 0 Å². The van der Waals surface area contributed by atoms with Crippen molar-refractivity contribution in [3.05, 3.63) is 0 Å². The quantitative estimate of drug-likeness (QED) is 0.769. The van der Waals surface area contributed by atoms with E-state index >= 15 is 0 Å². The number of hydrogen-bond donors (Lipinski definition) is 1. The maximum absolute atomic E-state index is 11.0. The number of aldehydes is 1. The van der Waals surface area contributed by atoms with E-state index in [1.807, 2.05) is 20.8 Å². The van der Waals surface area contributed by atoms with Crippen molar-refractivity contribution in [2.75, 3.05) is 0 Å². The Morgan fingerprint density at radius 1 is 1.44 bits per heavy atom. The monoisotopic (exact) mass is 258 g/mol. The summed E-state index contributed by atoms with van der Waals surface area (Å²) in [4.78, 5) is 21.7. The van der Waals surface area contributed by atoms with E-state index in [1.54, 1.807) is 6.92 Å². The molecule has 0 aromatic heterocycles. The highest BCUT2D eigenvalue weighted by atomic mass is 16.7. The molecule has 104 valence electrons. The number of rotatable bonds is 4. The molecule has 1 unspecified atom stereocenters. The van der Waals surface area contributed by atoms with Gasteiger partial charge in [0, 0.05) is 18.8 Å². The molecule has 1 N–H and O–H groups in total. The van der Waals surface area contributed by atoms with Crippen LogP contribution in [0.15, 0.2) is 0 Å². The first-order valence-corrected chi connectivity index (χ1v) is 6.16. The topological polar surface area (TPSA) is 72.8 Å². The summed E-state index contributed by atoms with van der Waals surface area (Å²) in [6.45, 7) is 7.99. The summed E-state index contributed by atoms with van der Waals surface area (Å²) < 4.78 is 10.7. The highest BCUT2D eigenvalue weighted by Crippen LogP contribution is 2.40. The molecule has 0 bridgehead atoms. The highest BCUT2D eigenvalue weighted by molar-refractivity contribution is 5.57. The van der Waals surface area contributed by atoms with Gasteiger partial charge in [-0.1, -0.05) is 27.7 Å². The van der Waals surface area contributed by atoms with Crippen molar-refractivity contribution >= 4 is 12.8 Å². The van der Waals surface area contributed by atoms with E-state index in [9.17, 15) is 14.7 Å². The molecule has 1 saturated heterocycles. The Morgan fingerprint density at radius 3 is 2.50 bits per heavy atom. The maximum Gasteiger partial charge on any atom is 0.295 e. The van der Waals surface area contributed by atoms with Gasteiger partial charge in [-0.05, 0) is 5.41 Å². The molecule has 1 rings (SSSR count). The largest absolute Gasteiger partial charge is 0.435 e. The summed E-state index contributed by atoms with van der Waals surface area (Å²) in [6.07, 6.45) is -0.215. The second kappa shape index (κ2) is 5.36. The molecule has 1 fully saturated rings. The molecule has 1 aliphatic rings. The Labute approximate surface area is 107 Å². The van der Waals surface area contributed by atoms with Gasteiger partial charge < -0.3 is 19.4 Å². The summed E-state index contributed by atoms with van der Waals surface area (Å²) >= 11 is 0. The first-order chi connectivity index (χ1) is 8.23. The van der Waals surface area contributed by atoms with Crippen molar-refractivity contribution in [2.24, 2.45) is 11.3 Å². The number of hydrogen-bond acceptors (Lipinski definition) is 5. The molecule has 0 aliphatic carbocycles. The molecule has 5 heteroatoms. The van der Waals surface area contributed by atoms with Crippen LogP contribution < -0.4 is 0 Å². The molecule has 18 heavy (non-hydrogen) atoms. The lowest BCUT2D eigenvalue weighted by molar-refractivity contribution is -0.291. The van der Waals surface area contributed by atoms with Gasteiger partial charge in [-0.2, -0.15) is 0 Å². The number of ether oxygens (including phenoxy) is 2. The van der Waals surface area contributed by atoms with E-state index in [2.05, 4.69) is 0 Å². The van der Waals surface area contributed by atoms with Crippen LogP contribution in [0.4, 0.5) is 0 Å². The predicted octanol–water partition coefficient (Wildman–Crippen LogP) is 1.28. The number of carbonyl (C=O) groups excluding carboxylic acids is 2. The molecule has 0 aromatic carbocycles. The summed E-state index contributed by atoms with van der Waals surface area (Å²) in [6, 6.07) is 0. The average Bonchev–Trinajstić information content (AvgIpc) is 2.21. The fourth-order valence-electron chi connectivity index (χ4n) is 2.41. The summed E-state index contributed by atoms with van der Waals surface area (Å²) in [5, 5.41) is 10.0. The smallest absolute Gasteiger partial charge is 0.295 e. The molecular weight excluding hydrogens is 236 g/mol. The Kier molecular flexibility index (Phi) is 4.50. The van der Waals surface area contributed by atoms with Gasteiger partial charge in [0.25, 0.3) is 6.47 Å². The van der Waals surface area contributed by atoms with Crippen LogP contribution in [0, 0.1) is 11.3 Å². The van der Waals surface area contributed by atoms with Crippen molar-refractivity contribution in [3.63, 3.8) is 0 Å². The van der Waals surface area contributed by atoms with Crippen molar-refractivity contribution in [3.8, 4) is 0 Å². The zero-order valence-electron chi connectivity index (χ0n) is 11.4. The van der Waals surface area contributed by atoms with E-state index < -0.39 is 18.0 Å². The number of aliphatic hydroxyl groups is 1. The minimum absolute atomic E-state index is 0.156. The van der Waals surface area contributed by atoms with Crippen LogP contribution >= 0.6 is 0 Å². The first kappa shape index (κ1) is 15.1. The normalized spacial score (nSPS) is 37.1. The molecule has 0 amide bonds. The van der Waals surface area contributed by atoms with Crippen molar-refractivity contribution in [1.82, 2.24) is 0 Å². The van der Waals surface area contributed by atoms with Crippen LogP contribution in [0.2, 0.25) is 0 Å². The minimum Gasteiger partial charge on any atom is -0.435 e. The average molecular weight is 258 g/mol. The maximum atomic E-state index is 11.0. The lowest BCUT2D eigenvalue weighted by Crippen LogP contribution is -2.54. The molecule has 1 aliphatic heterocycles. The van der Waals surface area contributed by atoms with Crippen molar-refractivity contribution in [2.45, 2.75) is 58.5 Å². The fourth-order valence-corrected chi connectivity index (χ4v) is 2.41. The van der Waals surface area contributed by atoms with Gasteiger partial charge in [-0.15, -0.1) is 0 Å². The van der Waals surface area contributed by atoms with E-state index in [0.717, 1.165) is 0 Å². The van der Waals surface area contributed by atoms with Crippen molar-refractivity contribution < 1.29 is 24.2 Å². The Hall–Kier alpha value is -0.940. The molecule has 0 saturated carbocycles. The van der Waals surface area contributed by atoms with E-state index in [4.69, 9.17) is 9.47 Å². The summed E-state index contributed by atoms with van der Waals surface area (Å²) in [7, 11) is 0. The van der Waals surface area contributed by atoms with Crippen LogP contribution in [-0.2, 0) is 19.1 Å². The minimum atomic E-state index is -1.21. The highest BCUT2D eigenvalue weighted by Gasteiger charge is 2.48. The lowest BCUT2D eigenvalue weighted by atomic mass is 9.80. The van der Waals surface area contributed by atoms with Gasteiger partial charge >= 0.3 is 0 Å². The van der Waals surface area contributed by atoms with Gasteiger partial charge in [-0.25, -0.2) is 0 Å². The van der Waals surface area contributed by atoms with E-state index in [-0.39, 0.29) is 17.8 Å². The molecule has 5 nitrogen and oxygen atoms in total. The molecule has 0 aromatic rings. The second-order valence-corrected chi connectivity index (χ2v) is 6.21. The predicted molar refractivity (Wildman–Crippen MR) is 64.7 cm³/mol. The van der Waals surface area contributed by atoms with Gasteiger partial charge in [0.15, 0.2) is 0 Å². The van der Waals surface area contributed by atoms with Crippen LogP contribution in [0.3, 0.4) is 0 Å². The van der Waals surface area contributed by atoms with Gasteiger partial charge in [0.1, 0.15) is 12.4 Å². The molecule has 4 atom stereocenters. The Balaban J connectivity index is 2.96. The fraction of sp³-hybridized carbons (Fsp3) is 0.846. The molecular formula is C13H22O5. The Morgan fingerprint density at radius 2 is 2.06 bits per heavy atom. The van der Waals surface area contributed by atoms with Crippen LogP contribution in [-0.4, -0.2) is 35.9 Å². The zero-order chi connectivity index (χ0) is 14.0. The molecule has 0 spiro atoms. The van der Waals surface area contributed by atoms with Gasteiger partial charge in [0.05, 0.1) is 6.10 Å². The van der Waals surface area contributed by atoms with E-state index in [0.29, 0.717) is 19.2 Å². The standard InChI is InChI=1S/C13H22O5/c1-9-10(16)5-13(17-8-15,7-12(2,3)4)18-11(9)6-14/h6,8-11,16H,5,7H2,1-4H3/t9-,10-,11?,13-/m0/s1. The third-order valence-corrected chi connectivity index (χ3v) is 3.19. The van der Waals surface area contributed by atoms with E-state index in [1.165, 1.54) is 0 Å². The molecule has 1 heterocycles. The van der Waals surface area contributed by atoms with Gasteiger partial charge in [-0.3, -0.25) is 4.79 Å². The summed E-state index contributed by atoms with van der Waals surface area (Å²) in [5.74, 6) is -1.51. The third-order valence-electron chi connectivity index (χ3n) is 3.19. The van der Waals surface area contributed by atoms with Crippen LogP contribution in [0.5, 0.6) is 0 Å². The first-order valence-electron chi connectivity index (χ1n) is 6.16. The number of aliphatic hydroxyl groups excluding tert-OH is 1.